The number of nitrogens with zero attached hydrogens (tertiary/aromatic N) is 3. The molecule has 2 heterocycles. The maximum Gasteiger partial charge on any atom is 0.437 e. The third kappa shape index (κ3) is 4.16. The van der Waals surface area contributed by atoms with Gasteiger partial charge in [0.15, 0.2) is 0 Å². The van der Waals surface area contributed by atoms with Crippen molar-refractivity contribution in [2.24, 2.45) is 0 Å². The fourth-order valence-electron chi connectivity index (χ4n) is 3.82. The summed E-state index contributed by atoms with van der Waals surface area (Å²) in [6.45, 7) is 0.299. The summed E-state index contributed by atoms with van der Waals surface area (Å²) in [6, 6.07) is 10.7. The van der Waals surface area contributed by atoms with Crippen LogP contribution in [-0.4, -0.2) is 41.4 Å². The molecule has 31 heavy (non-hydrogen) atoms. The first-order chi connectivity index (χ1) is 15.0. The van der Waals surface area contributed by atoms with E-state index in [4.69, 9.17) is 13.9 Å². The molecule has 162 valence electrons. The van der Waals surface area contributed by atoms with Crippen LogP contribution >= 0.6 is 0 Å². The third-order valence-corrected chi connectivity index (χ3v) is 5.35. The Labute approximate surface area is 177 Å². The van der Waals surface area contributed by atoms with Gasteiger partial charge >= 0.3 is 5.76 Å². The van der Waals surface area contributed by atoms with Crippen LogP contribution < -0.4 is 15.2 Å². The molecule has 0 radical (unpaired) electrons. The van der Waals surface area contributed by atoms with E-state index in [-0.39, 0.29) is 24.4 Å². The van der Waals surface area contributed by atoms with Crippen LogP contribution in [0.3, 0.4) is 0 Å². The van der Waals surface area contributed by atoms with Gasteiger partial charge in [0, 0.05) is 17.7 Å². The first-order valence-electron chi connectivity index (χ1n) is 9.85. The first kappa shape index (κ1) is 20.6. The quantitative estimate of drug-likeness (QED) is 0.601. The molecule has 1 amide bonds. The van der Waals surface area contributed by atoms with Gasteiger partial charge in [-0.15, -0.1) is 5.10 Å². The molecule has 0 aliphatic carbocycles. The molecule has 1 aliphatic rings. The van der Waals surface area contributed by atoms with Crippen molar-refractivity contribution >= 4 is 5.91 Å². The molecular weight excluding hydrogens is 405 g/mol. The highest BCUT2D eigenvalue weighted by Crippen LogP contribution is 2.39. The number of amides is 1. The summed E-state index contributed by atoms with van der Waals surface area (Å²) in [5.74, 6) is -0.0377. The maximum atomic E-state index is 13.1. The van der Waals surface area contributed by atoms with Crippen LogP contribution in [0, 0.1) is 5.82 Å². The van der Waals surface area contributed by atoms with E-state index >= 15 is 0 Å². The van der Waals surface area contributed by atoms with Crippen molar-refractivity contribution in [1.29, 1.82) is 0 Å². The van der Waals surface area contributed by atoms with Crippen LogP contribution in [0.4, 0.5) is 4.39 Å². The predicted octanol–water partition coefficient (Wildman–Crippen LogP) is 3.02. The number of hydrogen-bond donors (Lipinski definition) is 0. The Morgan fingerprint density at radius 1 is 1.19 bits per heavy atom. The van der Waals surface area contributed by atoms with Crippen molar-refractivity contribution in [2.75, 3.05) is 20.8 Å². The minimum atomic E-state index is -0.748. The van der Waals surface area contributed by atoms with E-state index in [2.05, 4.69) is 5.10 Å². The van der Waals surface area contributed by atoms with Gasteiger partial charge in [-0.3, -0.25) is 4.79 Å². The topological polar surface area (TPSA) is 86.8 Å². The number of likely N-dealkylation sites (tertiary alicyclic amines) is 1. The zero-order valence-electron chi connectivity index (χ0n) is 17.2. The predicted molar refractivity (Wildman–Crippen MR) is 109 cm³/mol. The molecule has 3 aromatic rings. The van der Waals surface area contributed by atoms with Crippen LogP contribution in [0.25, 0.3) is 11.5 Å². The summed E-state index contributed by atoms with van der Waals surface area (Å²) in [4.78, 5) is 27.0. The lowest BCUT2D eigenvalue weighted by Crippen LogP contribution is -2.35. The van der Waals surface area contributed by atoms with Gasteiger partial charge in [0.25, 0.3) is 0 Å². The Morgan fingerprint density at radius 2 is 1.97 bits per heavy atom. The van der Waals surface area contributed by atoms with Gasteiger partial charge < -0.3 is 18.8 Å². The first-order valence-corrected chi connectivity index (χ1v) is 9.85. The zero-order valence-corrected chi connectivity index (χ0v) is 17.2. The van der Waals surface area contributed by atoms with Gasteiger partial charge in [-0.1, -0.05) is 0 Å². The fourth-order valence-corrected chi connectivity index (χ4v) is 3.82. The molecule has 1 saturated heterocycles. The summed E-state index contributed by atoms with van der Waals surface area (Å²) in [5.41, 5.74) is 1.30. The van der Waals surface area contributed by atoms with E-state index in [9.17, 15) is 14.0 Å². The van der Waals surface area contributed by atoms with Crippen molar-refractivity contribution in [3.8, 4) is 23.0 Å². The van der Waals surface area contributed by atoms with Gasteiger partial charge in [0.2, 0.25) is 11.8 Å². The number of ether oxygens (including phenoxy) is 2. The number of methoxy groups -OCH3 is 2. The Balaban J connectivity index is 1.56. The largest absolute Gasteiger partial charge is 0.497 e. The fraction of sp³-hybridized carbons (Fsp3) is 0.318. The second-order valence-electron chi connectivity index (χ2n) is 7.19. The van der Waals surface area contributed by atoms with Crippen LogP contribution in [-0.2, 0) is 11.3 Å². The highest BCUT2D eigenvalue weighted by molar-refractivity contribution is 5.77. The van der Waals surface area contributed by atoms with Gasteiger partial charge in [0.1, 0.15) is 23.9 Å². The lowest BCUT2D eigenvalue weighted by Gasteiger charge is -2.26. The molecule has 4 rings (SSSR count). The number of carbonyl (C=O) groups excluding carboxylic acids is 1. The second-order valence-corrected chi connectivity index (χ2v) is 7.19. The Bertz CT molecular complexity index is 1140. The van der Waals surface area contributed by atoms with Gasteiger partial charge in [-0.25, -0.2) is 9.18 Å². The second kappa shape index (κ2) is 8.63. The van der Waals surface area contributed by atoms with Gasteiger partial charge in [-0.2, -0.15) is 4.68 Å². The highest BCUT2D eigenvalue weighted by atomic mass is 19.1. The number of hydrogen-bond acceptors (Lipinski definition) is 6. The summed E-state index contributed by atoms with van der Waals surface area (Å²) < 4.78 is 30.1. The minimum absolute atomic E-state index is 0.0326. The monoisotopic (exact) mass is 427 g/mol. The molecule has 1 aromatic heterocycles. The highest BCUT2D eigenvalue weighted by Gasteiger charge is 2.32. The van der Waals surface area contributed by atoms with E-state index in [0.717, 1.165) is 23.1 Å². The molecule has 1 atom stereocenters. The smallest absolute Gasteiger partial charge is 0.437 e. The lowest BCUT2D eigenvalue weighted by atomic mass is 10.0. The van der Waals surface area contributed by atoms with E-state index in [1.807, 2.05) is 12.1 Å². The summed E-state index contributed by atoms with van der Waals surface area (Å²) in [6.07, 6.45) is 1.59. The molecule has 0 spiro atoms. The maximum absolute atomic E-state index is 13.1. The van der Waals surface area contributed by atoms with Crippen LogP contribution in [0.1, 0.15) is 24.4 Å². The summed E-state index contributed by atoms with van der Waals surface area (Å²) >= 11 is 0. The third-order valence-electron chi connectivity index (χ3n) is 5.35. The molecule has 1 fully saturated rings. The normalized spacial score (nSPS) is 15.8. The number of rotatable bonds is 6. The van der Waals surface area contributed by atoms with E-state index in [0.29, 0.717) is 23.6 Å². The van der Waals surface area contributed by atoms with E-state index in [1.165, 1.54) is 24.3 Å². The number of halogens is 1. The lowest BCUT2D eigenvalue weighted by molar-refractivity contribution is -0.133. The van der Waals surface area contributed by atoms with Crippen molar-refractivity contribution in [3.63, 3.8) is 0 Å². The molecule has 1 aliphatic heterocycles. The SMILES string of the molecule is COc1ccc(OC)c(C2CCCN2C(=O)Cn2nc(-c3ccc(F)cc3)oc2=O)c1. The van der Waals surface area contributed by atoms with Gasteiger partial charge in [0.05, 0.1) is 20.3 Å². The van der Waals surface area contributed by atoms with Gasteiger partial charge in [-0.05, 0) is 55.3 Å². The molecular formula is C22H22FN3O5. The van der Waals surface area contributed by atoms with E-state index in [1.54, 1.807) is 25.2 Å². The van der Waals surface area contributed by atoms with Crippen molar-refractivity contribution < 1.29 is 23.1 Å². The molecule has 9 heteroatoms. The molecule has 8 nitrogen and oxygen atoms in total. The zero-order chi connectivity index (χ0) is 22.0. The summed E-state index contributed by atoms with van der Waals surface area (Å²) in [7, 11) is 3.16. The Morgan fingerprint density at radius 3 is 2.68 bits per heavy atom. The van der Waals surface area contributed by atoms with Crippen molar-refractivity contribution in [3.05, 3.63) is 64.4 Å². The molecule has 2 aromatic carbocycles. The Hall–Kier alpha value is -3.62. The average Bonchev–Trinajstić information content (AvgIpc) is 3.41. The molecule has 1 unspecified atom stereocenters. The average molecular weight is 427 g/mol. The Kier molecular flexibility index (Phi) is 5.75. The van der Waals surface area contributed by atoms with E-state index < -0.39 is 11.6 Å². The standard InChI is InChI=1S/C22H22FN3O5/c1-29-16-9-10-19(30-2)17(12-16)18-4-3-11-25(18)20(27)13-26-22(28)31-21(24-26)14-5-7-15(23)8-6-14/h5-10,12,18H,3-4,11,13H2,1-2H3. The number of carbonyl (C=O) groups is 1. The minimum Gasteiger partial charge on any atom is -0.497 e. The van der Waals surface area contributed by atoms with Crippen molar-refractivity contribution in [2.45, 2.75) is 25.4 Å². The van der Waals surface area contributed by atoms with Crippen LogP contribution in [0.15, 0.2) is 51.7 Å². The van der Waals surface area contributed by atoms with Crippen molar-refractivity contribution in [1.82, 2.24) is 14.7 Å². The molecule has 0 bridgehead atoms. The van der Waals surface area contributed by atoms with Crippen LogP contribution in [0.2, 0.25) is 0 Å². The number of benzene rings is 2. The van der Waals surface area contributed by atoms with Crippen LogP contribution in [0.5, 0.6) is 11.5 Å². The molecule has 0 N–H and O–H groups in total. The molecule has 0 saturated carbocycles. The number of aromatic nitrogens is 2. The summed E-state index contributed by atoms with van der Waals surface area (Å²) in [5, 5.41) is 4.10.